The standard InChI is InChI=1S/C14H10N2O3S/c17-14-11-6-8-20-13(11)5-7-15(14)9-10-3-1-2-4-12(10)16(18)19/h1-8H,9H2. The predicted octanol–water partition coefficient (Wildman–Crippen LogP) is 3.02. The zero-order chi connectivity index (χ0) is 14.1. The van der Waals surface area contributed by atoms with Crippen molar-refractivity contribution in [2.45, 2.75) is 6.54 Å². The van der Waals surface area contributed by atoms with Gasteiger partial charge in [-0.3, -0.25) is 14.9 Å². The minimum Gasteiger partial charge on any atom is -0.310 e. The largest absolute Gasteiger partial charge is 0.310 e. The van der Waals surface area contributed by atoms with Crippen molar-refractivity contribution >= 4 is 27.1 Å². The van der Waals surface area contributed by atoms with Gasteiger partial charge in [-0.2, -0.15) is 0 Å². The summed E-state index contributed by atoms with van der Waals surface area (Å²) >= 11 is 1.50. The van der Waals surface area contributed by atoms with Crippen LogP contribution in [0, 0.1) is 10.1 Å². The minimum absolute atomic E-state index is 0.0322. The molecule has 0 radical (unpaired) electrons. The molecule has 0 bridgehead atoms. The van der Waals surface area contributed by atoms with Crippen LogP contribution in [-0.2, 0) is 6.54 Å². The Morgan fingerprint density at radius 3 is 2.80 bits per heavy atom. The molecule has 20 heavy (non-hydrogen) atoms. The van der Waals surface area contributed by atoms with Crippen molar-refractivity contribution in [3.05, 3.63) is 74.0 Å². The number of thiophene rings is 1. The van der Waals surface area contributed by atoms with E-state index < -0.39 is 4.92 Å². The average molecular weight is 286 g/mol. The summed E-state index contributed by atoms with van der Waals surface area (Å²) in [6, 6.07) is 10.1. The number of pyridine rings is 1. The molecule has 0 aliphatic carbocycles. The monoisotopic (exact) mass is 286 g/mol. The SMILES string of the molecule is O=c1c2ccsc2ccn1Cc1ccccc1[N+](=O)[O-]. The van der Waals surface area contributed by atoms with Gasteiger partial charge in [0.15, 0.2) is 0 Å². The molecular weight excluding hydrogens is 276 g/mol. The maximum Gasteiger partial charge on any atom is 0.274 e. The first-order valence-electron chi connectivity index (χ1n) is 5.96. The van der Waals surface area contributed by atoms with Gasteiger partial charge < -0.3 is 4.57 Å². The quantitative estimate of drug-likeness (QED) is 0.549. The Morgan fingerprint density at radius 2 is 2.00 bits per heavy atom. The van der Waals surface area contributed by atoms with Crippen LogP contribution in [0.3, 0.4) is 0 Å². The van der Waals surface area contributed by atoms with Crippen LogP contribution in [-0.4, -0.2) is 9.49 Å². The van der Waals surface area contributed by atoms with Crippen LogP contribution >= 0.6 is 11.3 Å². The Balaban J connectivity index is 2.08. The highest BCUT2D eigenvalue weighted by Gasteiger charge is 2.13. The summed E-state index contributed by atoms with van der Waals surface area (Å²) in [4.78, 5) is 22.8. The number of nitrogens with zero attached hydrogens (tertiary/aromatic N) is 2. The van der Waals surface area contributed by atoms with Crippen molar-refractivity contribution in [2.75, 3.05) is 0 Å². The number of nitro benzene ring substituents is 1. The number of fused-ring (bicyclic) bond motifs is 1. The van der Waals surface area contributed by atoms with E-state index in [1.54, 1.807) is 30.5 Å². The van der Waals surface area contributed by atoms with Gasteiger partial charge in [-0.15, -0.1) is 11.3 Å². The second kappa shape index (κ2) is 4.90. The predicted molar refractivity (Wildman–Crippen MR) is 78.3 cm³/mol. The first kappa shape index (κ1) is 12.6. The van der Waals surface area contributed by atoms with Gasteiger partial charge >= 0.3 is 0 Å². The van der Waals surface area contributed by atoms with Crippen LogP contribution in [0.1, 0.15) is 5.56 Å². The fourth-order valence-corrected chi connectivity index (χ4v) is 2.91. The van der Waals surface area contributed by atoms with Gasteiger partial charge in [-0.05, 0) is 17.5 Å². The third-order valence-corrected chi connectivity index (χ3v) is 4.00. The second-order valence-electron chi connectivity index (χ2n) is 4.33. The van der Waals surface area contributed by atoms with Crippen LogP contribution in [0.2, 0.25) is 0 Å². The Hall–Kier alpha value is -2.47. The topological polar surface area (TPSA) is 65.1 Å². The van der Waals surface area contributed by atoms with E-state index in [0.29, 0.717) is 10.9 Å². The minimum atomic E-state index is -0.427. The average Bonchev–Trinajstić information content (AvgIpc) is 2.91. The fourth-order valence-electron chi connectivity index (χ4n) is 2.14. The smallest absolute Gasteiger partial charge is 0.274 e. The Kier molecular flexibility index (Phi) is 3.08. The molecule has 6 heteroatoms. The summed E-state index contributed by atoms with van der Waals surface area (Å²) in [7, 11) is 0. The summed E-state index contributed by atoms with van der Waals surface area (Å²) in [5.74, 6) is 0. The zero-order valence-electron chi connectivity index (χ0n) is 10.4. The molecule has 0 amide bonds. The Labute approximate surface area is 117 Å². The maximum absolute atomic E-state index is 12.3. The Morgan fingerprint density at radius 1 is 1.20 bits per heavy atom. The van der Waals surface area contributed by atoms with Crippen LogP contribution < -0.4 is 5.56 Å². The lowest BCUT2D eigenvalue weighted by atomic mass is 10.2. The molecule has 5 nitrogen and oxygen atoms in total. The van der Waals surface area contributed by atoms with E-state index in [1.807, 2.05) is 11.4 Å². The van der Waals surface area contributed by atoms with Gasteiger partial charge in [0, 0.05) is 22.5 Å². The lowest BCUT2D eigenvalue weighted by Gasteiger charge is -2.06. The van der Waals surface area contributed by atoms with Gasteiger partial charge in [-0.1, -0.05) is 18.2 Å². The Bertz CT molecular complexity index is 851. The number of hydrogen-bond acceptors (Lipinski definition) is 4. The van der Waals surface area contributed by atoms with E-state index in [9.17, 15) is 14.9 Å². The first-order chi connectivity index (χ1) is 9.66. The number of aromatic nitrogens is 1. The molecule has 3 aromatic rings. The zero-order valence-corrected chi connectivity index (χ0v) is 11.2. The van der Waals surface area contributed by atoms with Crippen LogP contribution in [0.5, 0.6) is 0 Å². The third kappa shape index (κ3) is 2.10. The van der Waals surface area contributed by atoms with E-state index in [1.165, 1.54) is 22.0 Å². The number of hydrogen-bond donors (Lipinski definition) is 0. The molecule has 0 atom stereocenters. The third-order valence-electron chi connectivity index (χ3n) is 3.12. The van der Waals surface area contributed by atoms with Crippen LogP contribution in [0.4, 0.5) is 5.69 Å². The van der Waals surface area contributed by atoms with Crippen molar-refractivity contribution in [1.29, 1.82) is 0 Å². The van der Waals surface area contributed by atoms with Crippen molar-refractivity contribution in [3.63, 3.8) is 0 Å². The van der Waals surface area contributed by atoms with Gasteiger partial charge in [0.25, 0.3) is 11.2 Å². The molecule has 0 aliphatic heterocycles. The van der Waals surface area contributed by atoms with E-state index in [0.717, 1.165) is 4.70 Å². The molecule has 1 aromatic carbocycles. The molecule has 0 N–H and O–H groups in total. The summed E-state index contributed by atoms with van der Waals surface area (Å²) in [5, 5.41) is 13.5. The van der Waals surface area contributed by atoms with E-state index in [-0.39, 0.29) is 17.8 Å². The highest BCUT2D eigenvalue weighted by Crippen LogP contribution is 2.20. The summed E-state index contributed by atoms with van der Waals surface area (Å²) in [6.07, 6.45) is 1.68. The fraction of sp³-hybridized carbons (Fsp3) is 0.0714. The lowest BCUT2D eigenvalue weighted by molar-refractivity contribution is -0.385. The summed E-state index contributed by atoms with van der Waals surface area (Å²) < 4.78 is 2.42. The van der Waals surface area contributed by atoms with E-state index in [4.69, 9.17) is 0 Å². The second-order valence-corrected chi connectivity index (χ2v) is 5.28. The summed E-state index contributed by atoms with van der Waals surface area (Å²) in [6.45, 7) is 0.196. The first-order valence-corrected chi connectivity index (χ1v) is 6.84. The molecule has 0 spiro atoms. The van der Waals surface area contributed by atoms with Crippen molar-refractivity contribution in [1.82, 2.24) is 4.57 Å². The number of para-hydroxylation sites is 1. The van der Waals surface area contributed by atoms with Gasteiger partial charge in [0.1, 0.15) is 0 Å². The van der Waals surface area contributed by atoms with Crippen molar-refractivity contribution in [3.8, 4) is 0 Å². The van der Waals surface area contributed by atoms with Gasteiger partial charge in [0.05, 0.1) is 16.9 Å². The van der Waals surface area contributed by atoms with Crippen molar-refractivity contribution in [2.24, 2.45) is 0 Å². The van der Waals surface area contributed by atoms with Gasteiger partial charge in [-0.25, -0.2) is 0 Å². The van der Waals surface area contributed by atoms with E-state index in [2.05, 4.69) is 0 Å². The molecule has 0 unspecified atom stereocenters. The molecule has 2 aromatic heterocycles. The molecule has 3 rings (SSSR count). The lowest BCUT2D eigenvalue weighted by Crippen LogP contribution is -2.19. The number of benzene rings is 1. The van der Waals surface area contributed by atoms with E-state index >= 15 is 0 Å². The molecule has 0 saturated heterocycles. The number of nitro groups is 1. The summed E-state index contributed by atoms with van der Waals surface area (Å²) in [5.41, 5.74) is 0.431. The molecule has 100 valence electrons. The molecule has 0 aliphatic rings. The highest BCUT2D eigenvalue weighted by molar-refractivity contribution is 7.17. The van der Waals surface area contributed by atoms with Gasteiger partial charge in [0.2, 0.25) is 0 Å². The van der Waals surface area contributed by atoms with Crippen LogP contribution in [0.25, 0.3) is 10.1 Å². The van der Waals surface area contributed by atoms with Crippen molar-refractivity contribution < 1.29 is 4.92 Å². The molecule has 2 heterocycles. The molecule has 0 saturated carbocycles. The highest BCUT2D eigenvalue weighted by atomic mass is 32.1. The van der Waals surface area contributed by atoms with Crippen LogP contribution in [0.15, 0.2) is 52.8 Å². The molecular formula is C14H10N2O3S. The normalized spacial score (nSPS) is 10.8. The molecule has 0 fully saturated rings. The number of rotatable bonds is 3. The maximum atomic E-state index is 12.3.